The van der Waals surface area contributed by atoms with Crippen LogP contribution in [0.5, 0.6) is 5.75 Å². The Hall–Kier alpha value is -0.710. The van der Waals surface area contributed by atoms with Crippen LogP contribution < -0.4 is 9.64 Å². The number of aryl methyl sites for hydroxylation is 1. The van der Waals surface area contributed by atoms with Crippen molar-refractivity contribution < 1.29 is 14.7 Å². The number of hydrogen-bond donors (Lipinski definition) is 2. The summed E-state index contributed by atoms with van der Waals surface area (Å²) in [4.78, 5) is 1.50. The van der Waals surface area contributed by atoms with Crippen LogP contribution in [0.2, 0.25) is 0 Å². The average molecular weight is 310 g/mol. The molecule has 118 valence electrons. The fourth-order valence-electron chi connectivity index (χ4n) is 2.69. The van der Waals surface area contributed by atoms with Crippen molar-refractivity contribution in [1.82, 2.24) is 0 Å². The molecule has 1 fully saturated rings. The molecule has 3 nitrogen and oxygen atoms in total. The molecule has 1 saturated heterocycles. The van der Waals surface area contributed by atoms with E-state index in [4.69, 9.17) is 4.74 Å². The molecule has 4 heteroatoms. The summed E-state index contributed by atoms with van der Waals surface area (Å²) in [6.07, 6.45) is -0.386. The Morgan fingerprint density at radius 1 is 1.29 bits per heavy atom. The maximum Gasteiger partial charge on any atom is 0.137 e. The van der Waals surface area contributed by atoms with E-state index in [1.807, 2.05) is 11.8 Å². The lowest BCUT2D eigenvalue weighted by Crippen LogP contribution is -3.14. The van der Waals surface area contributed by atoms with Gasteiger partial charge in [0.1, 0.15) is 25.0 Å². The molecule has 2 rings (SSSR count). The van der Waals surface area contributed by atoms with Crippen LogP contribution in [0.15, 0.2) is 18.2 Å². The molecule has 0 saturated carbocycles. The summed E-state index contributed by atoms with van der Waals surface area (Å²) in [6.45, 7) is 9.91. The minimum absolute atomic E-state index is 0.386. The quantitative estimate of drug-likeness (QED) is 0.835. The van der Waals surface area contributed by atoms with Crippen molar-refractivity contribution in [2.45, 2.75) is 32.8 Å². The number of rotatable bonds is 6. The van der Waals surface area contributed by atoms with E-state index in [0.29, 0.717) is 12.5 Å². The second kappa shape index (κ2) is 8.06. The zero-order chi connectivity index (χ0) is 15.2. The van der Waals surface area contributed by atoms with Crippen LogP contribution in [0.25, 0.3) is 0 Å². The van der Waals surface area contributed by atoms with Crippen molar-refractivity contribution in [1.29, 1.82) is 0 Å². The molecule has 0 radical (unpaired) electrons. The first-order valence-electron chi connectivity index (χ1n) is 7.89. The molecule has 1 aliphatic heterocycles. The molecule has 1 atom stereocenters. The summed E-state index contributed by atoms with van der Waals surface area (Å²) in [5.41, 5.74) is 2.41. The smallest absolute Gasteiger partial charge is 0.137 e. The number of nitrogens with one attached hydrogen (secondary N) is 1. The van der Waals surface area contributed by atoms with E-state index in [2.05, 4.69) is 39.0 Å². The highest BCUT2D eigenvalue weighted by molar-refractivity contribution is 7.99. The molecule has 1 heterocycles. The summed E-state index contributed by atoms with van der Waals surface area (Å²) >= 11 is 2.01. The van der Waals surface area contributed by atoms with Gasteiger partial charge in [-0.05, 0) is 30.0 Å². The van der Waals surface area contributed by atoms with Crippen LogP contribution in [0.4, 0.5) is 0 Å². The third-order valence-corrected chi connectivity index (χ3v) is 4.93. The Bertz CT molecular complexity index is 444. The number of quaternary nitrogens is 1. The van der Waals surface area contributed by atoms with E-state index in [1.54, 1.807) is 0 Å². The van der Waals surface area contributed by atoms with Gasteiger partial charge in [-0.15, -0.1) is 0 Å². The van der Waals surface area contributed by atoms with Crippen LogP contribution in [0.1, 0.15) is 30.9 Å². The highest BCUT2D eigenvalue weighted by Gasteiger charge is 2.19. The topological polar surface area (TPSA) is 33.9 Å². The molecular weight excluding hydrogens is 282 g/mol. The van der Waals surface area contributed by atoms with Gasteiger partial charge < -0.3 is 14.7 Å². The second-order valence-corrected chi connectivity index (χ2v) is 7.45. The third-order valence-electron chi connectivity index (χ3n) is 3.95. The van der Waals surface area contributed by atoms with Gasteiger partial charge in [-0.3, -0.25) is 0 Å². The standard InChI is InChI=1S/C17H27NO2S/c1-13(2)16-5-4-14(3)10-17(16)20-12-15(19)11-18-6-8-21-9-7-18/h4-5,10,13,15,19H,6-9,11-12H2,1-3H3/p+1/t15-/m1/s1. The van der Waals surface area contributed by atoms with Crippen LogP contribution in [-0.4, -0.2) is 49.0 Å². The van der Waals surface area contributed by atoms with Crippen LogP contribution >= 0.6 is 11.8 Å². The van der Waals surface area contributed by atoms with Crippen molar-refractivity contribution in [3.63, 3.8) is 0 Å². The van der Waals surface area contributed by atoms with Gasteiger partial charge in [-0.2, -0.15) is 11.8 Å². The van der Waals surface area contributed by atoms with Gasteiger partial charge in [-0.25, -0.2) is 0 Å². The first kappa shape index (κ1) is 16.7. The number of thioether (sulfide) groups is 1. The first-order chi connectivity index (χ1) is 10.1. The minimum Gasteiger partial charge on any atom is -0.490 e. The number of hydrogen-bond acceptors (Lipinski definition) is 3. The van der Waals surface area contributed by atoms with Gasteiger partial charge in [-0.1, -0.05) is 26.0 Å². The largest absolute Gasteiger partial charge is 0.490 e. The van der Waals surface area contributed by atoms with E-state index in [0.717, 1.165) is 25.4 Å². The van der Waals surface area contributed by atoms with Gasteiger partial charge in [0.2, 0.25) is 0 Å². The third kappa shape index (κ3) is 5.20. The second-order valence-electron chi connectivity index (χ2n) is 6.23. The molecule has 21 heavy (non-hydrogen) atoms. The van der Waals surface area contributed by atoms with Gasteiger partial charge in [0.25, 0.3) is 0 Å². The SMILES string of the molecule is Cc1ccc(C(C)C)c(OC[C@H](O)C[NH+]2CCSCC2)c1. The molecule has 1 aliphatic rings. The summed E-state index contributed by atoms with van der Waals surface area (Å²) in [7, 11) is 0. The van der Waals surface area contributed by atoms with Gasteiger partial charge in [0.05, 0.1) is 13.1 Å². The molecule has 0 amide bonds. The molecule has 0 unspecified atom stereocenters. The summed E-state index contributed by atoms with van der Waals surface area (Å²) in [6, 6.07) is 6.33. The van der Waals surface area contributed by atoms with Gasteiger partial charge in [0, 0.05) is 11.5 Å². The van der Waals surface area contributed by atoms with E-state index < -0.39 is 0 Å². The summed E-state index contributed by atoms with van der Waals surface area (Å²) < 4.78 is 5.91. The predicted molar refractivity (Wildman–Crippen MR) is 89.7 cm³/mol. The lowest BCUT2D eigenvalue weighted by molar-refractivity contribution is -0.899. The Labute approximate surface area is 132 Å². The zero-order valence-corrected chi connectivity index (χ0v) is 14.2. The van der Waals surface area contributed by atoms with Gasteiger partial charge in [0.15, 0.2) is 0 Å². The maximum absolute atomic E-state index is 10.2. The summed E-state index contributed by atoms with van der Waals surface area (Å²) in [5.74, 6) is 3.77. The highest BCUT2D eigenvalue weighted by atomic mass is 32.2. The van der Waals surface area contributed by atoms with Crippen molar-refractivity contribution >= 4 is 11.8 Å². The minimum atomic E-state index is -0.386. The molecule has 0 spiro atoms. The van der Waals surface area contributed by atoms with Crippen molar-refractivity contribution in [2.75, 3.05) is 37.7 Å². The van der Waals surface area contributed by atoms with Crippen molar-refractivity contribution in [3.05, 3.63) is 29.3 Å². The molecule has 2 N–H and O–H groups in total. The number of aliphatic hydroxyl groups is 1. The Morgan fingerprint density at radius 3 is 2.67 bits per heavy atom. The maximum atomic E-state index is 10.2. The van der Waals surface area contributed by atoms with Gasteiger partial charge >= 0.3 is 0 Å². The molecular formula is C17H28NO2S+. The Balaban J connectivity index is 1.88. The fourth-order valence-corrected chi connectivity index (χ4v) is 3.76. The molecule has 0 aromatic heterocycles. The zero-order valence-electron chi connectivity index (χ0n) is 13.4. The Morgan fingerprint density at radius 2 is 2.00 bits per heavy atom. The molecule has 0 aliphatic carbocycles. The monoisotopic (exact) mass is 310 g/mol. The van der Waals surface area contributed by atoms with E-state index >= 15 is 0 Å². The number of benzene rings is 1. The van der Waals surface area contributed by atoms with E-state index in [9.17, 15) is 5.11 Å². The average Bonchev–Trinajstić information content (AvgIpc) is 2.46. The van der Waals surface area contributed by atoms with E-state index in [-0.39, 0.29) is 6.10 Å². The van der Waals surface area contributed by atoms with Crippen LogP contribution in [0, 0.1) is 6.92 Å². The van der Waals surface area contributed by atoms with Crippen LogP contribution in [-0.2, 0) is 0 Å². The van der Waals surface area contributed by atoms with Crippen molar-refractivity contribution in [3.8, 4) is 5.75 Å². The number of ether oxygens (including phenoxy) is 1. The van der Waals surface area contributed by atoms with Crippen LogP contribution in [0.3, 0.4) is 0 Å². The van der Waals surface area contributed by atoms with Crippen molar-refractivity contribution in [2.24, 2.45) is 0 Å². The lowest BCUT2D eigenvalue weighted by atomic mass is 10.0. The fraction of sp³-hybridized carbons (Fsp3) is 0.647. The molecule has 1 aromatic carbocycles. The normalized spacial score (nSPS) is 18.0. The first-order valence-corrected chi connectivity index (χ1v) is 9.04. The Kier molecular flexibility index (Phi) is 6.40. The predicted octanol–water partition coefficient (Wildman–Crippen LogP) is 1.49. The summed E-state index contributed by atoms with van der Waals surface area (Å²) in [5, 5.41) is 10.2. The lowest BCUT2D eigenvalue weighted by Gasteiger charge is -2.25. The number of aliphatic hydroxyl groups excluding tert-OH is 1. The van der Waals surface area contributed by atoms with E-state index in [1.165, 1.54) is 27.5 Å². The molecule has 0 bridgehead atoms. The molecule has 1 aromatic rings. The highest BCUT2D eigenvalue weighted by Crippen LogP contribution is 2.27.